The number of amides is 1. The van der Waals surface area contributed by atoms with Crippen LogP contribution in [0.1, 0.15) is 31.5 Å². The fraction of sp³-hybridized carbons (Fsp3) is 0.316. The van der Waals surface area contributed by atoms with Gasteiger partial charge in [-0.25, -0.2) is 13.9 Å². The minimum absolute atomic E-state index is 0.0989. The van der Waals surface area contributed by atoms with Crippen LogP contribution in [0.15, 0.2) is 42.6 Å². The third-order valence-corrected chi connectivity index (χ3v) is 4.74. The molecule has 0 aliphatic carbocycles. The second-order valence-corrected chi connectivity index (χ2v) is 6.51. The van der Waals surface area contributed by atoms with Crippen molar-refractivity contribution in [3.8, 4) is 11.1 Å². The topological polar surface area (TPSA) is 50.5 Å². The molecule has 0 saturated carbocycles. The molecule has 0 spiro atoms. The van der Waals surface area contributed by atoms with Crippen molar-refractivity contribution in [1.82, 2.24) is 19.5 Å². The van der Waals surface area contributed by atoms with Crippen LogP contribution in [-0.4, -0.2) is 38.5 Å². The van der Waals surface area contributed by atoms with Crippen molar-refractivity contribution < 1.29 is 9.18 Å². The van der Waals surface area contributed by atoms with Crippen LogP contribution in [0.2, 0.25) is 0 Å². The number of carbonyl (C=O) groups is 1. The fourth-order valence-electron chi connectivity index (χ4n) is 3.39. The molecule has 1 aliphatic heterocycles. The summed E-state index contributed by atoms with van der Waals surface area (Å²) in [5, 5.41) is 4.61. The van der Waals surface area contributed by atoms with E-state index in [-0.39, 0.29) is 17.6 Å². The largest absolute Gasteiger partial charge is 0.342 e. The van der Waals surface area contributed by atoms with Crippen molar-refractivity contribution >= 4 is 11.6 Å². The maximum atomic E-state index is 13.4. The molecule has 128 valence electrons. The minimum atomic E-state index is -0.261. The van der Waals surface area contributed by atoms with E-state index >= 15 is 0 Å². The number of carbonyl (C=O) groups excluding carboxylic acids is 1. The van der Waals surface area contributed by atoms with Gasteiger partial charge in [0, 0.05) is 37.7 Å². The Kier molecular flexibility index (Phi) is 3.95. The van der Waals surface area contributed by atoms with Gasteiger partial charge in [-0.1, -0.05) is 12.1 Å². The Bertz CT molecular complexity index is 936. The number of pyridine rings is 1. The standard InChI is InChI=1S/C19H19FN4O/c1-13(25)23-9-3-5-16(11-23)19-21-18-8-7-15(12-24(18)22-19)14-4-2-6-17(20)10-14/h2,4,6-8,10,12,16H,3,5,9,11H2,1H3. The highest BCUT2D eigenvalue weighted by molar-refractivity contribution is 5.73. The summed E-state index contributed by atoms with van der Waals surface area (Å²) < 4.78 is 15.2. The second kappa shape index (κ2) is 6.27. The SMILES string of the molecule is CC(=O)N1CCCC(c2nc3ccc(-c4cccc(F)c4)cn3n2)C1. The van der Waals surface area contributed by atoms with Crippen molar-refractivity contribution in [1.29, 1.82) is 0 Å². The van der Waals surface area contributed by atoms with Gasteiger partial charge in [0.15, 0.2) is 11.5 Å². The number of hydrogen-bond acceptors (Lipinski definition) is 3. The zero-order valence-corrected chi connectivity index (χ0v) is 14.0. The monoisotopic (exact) mass is 338 g/mol. The highest BCUT2D eigenvalue weighted by Gasteiger charge is 2.25. The number of fused-ring (bicyclic) bond motifs is 1. The molecule has 1 amide bonds. The summed E-state index contributed by atoms with van der Waals surface area (Å²) in [5.74, 6) is 0.766. The molecule has 0 bridgehead atoms. The van der Waals surface area contributed by atoms with Crippen molar-refractivity contribution in [2.75, 3.05) is 13.1 Å². The van der Waals surface area contributed by atoms with Gasteiger partial charge in [0.1, 0.15) is 5.82 Å². The first-order chi connectivity index (χ1) is 12.1. The van der Waals surface area contributed by atoms with Gasteiger partial charge in [-0.05, 0) is 42.7 Å². The lowest BCUT2D eigenvalue weighted by Crippen LogP contribution is -2.37. The predicted octanol–water partition coefficient (Wildman–Crippen LogP) is 3.26. The Morgan fingerprint density at radius 2 is 2.12 bits per heavy atom. The van der Waals surface area contributed by atoms with Crippen molar-refractivity contribution in [3.05, 3.63) is 54.2 Å². The van der Waals surface area contributed by atoms with E-state index in [9.17, 15) is 9.18 Å². The average Bonchev–Trinajstić information content (AvgIpc) is 3.05. The summed E-state index contributed by atoms with van der Waals surface area (Å²) in [6.45, 7) is 3.08. The van der Waals surface area contributed by atoms with Gasteiger partial charge in [0.2, 0.25) is 5.91 Å². The predicted molar refractivity (Wildman–Crippen MR) is 92.6 cm³/mol. The summed E-state index contributed by atoms with van der Waals surface area (Å²) in [6, 6.07) is 10.3. The number of aromatic nitrogens is 3. The van der Waals surface area contributed by atoms with Gasteiger partial charge in [-0.3, -0.25) is 4.79 Å². The Balaban J connectivity index is 1.65. The number of halogens is 1. The Hall–Kier alpha value is -2.76. The highest BCUT2D eigenvalue weighted by Crippen LogP contribution is 2.26. The van der Waals surface area contributed by atoms with E-state index in [2.05, 4.69) is 10.1 Å². The van der Waals surface area contributed by atoms with Gasteiger partial charge < -0.3 is 4.90 Å². The fourth-order valence-corrected chi connectivity index (χ4v) is 3.39. The van der Waals surface area contributed by atoms with E-state index in [0.29, 0.717) is 6.54 Å². The van der Waals surface area contributed by atoms with E-state index in [4.69, 9.17) is 0 Å². The molecule has 6 heteroatoms. The molecule has 2 aromatic heterocycles. The average molecular weight is 338 g/mol. The van der Waals surface area contributed by atoms with Crippen LogP contribution in [0.25, 0.3) is 16.8 Å². The van der Waals surface area contributed by atoms with Gasteiger partial charge in [0.05, 0.1) is 0 Å². The van der Waals surface area contributed by atoms with E-state index in [1.54, 1.807) is 17.5 Å². The molecule has 5 nitrogen and oxygen atoms in total. The van der Waals surface area contributed by atoms with Crippen LogP contribution in [0, 0.1) is 5.82 Å². The van der Waals surface area contributed by atoms with Crippen LogP contribution in [-0.2, 0) is 4.79 Å². The lowest BCUT2D eigenvalue weighted by molar-refractivity contribution is -0.130. The highest BCUT2D eigenvalue weighted by atomic mass is 19.1. The third kappa shape index (κ3) is 3.12. The number of piperidine rings is 1. The van der Waals surface area contributed by atoms with Crippen molar-refractivity contribution in [2.24, 2.45) is 0 Å². The van der Waals surface area contributed by atoms with E-state index in [0.717, 1.165) is 42.0 Å². The van der Waals surface area contributed by atoms with Gasteiger partial charge in [-0.2, -0.15) is 5.10 Å². The van der Waals surface area contributed by atoms with Crippen LogP contribution in [0.3, 0.4) is 0 Å². The zero-order valence-electron chi connectivity index (χ0n) is 14.0. The van der Waals surface area contributed by atoms with Crippen molar-refractivity contribution in [2.45, 2.75) is 25.7 Å². The maximum Gasteiger partial charge on any atom is 0.219 e. The molecule has 1 fully saturated rings. The molecule has 1 atom stereocenters. The Morgan fingerprint density at radius 3 is 2.92 bits per heavy atom. The molecular formula is C19H19FN4O. The first kappa shape index (κ1) is 15.7. The molecule has 1 unspecified atom stereocenters. The quantitative estimate of drug-likeness (QED) is 0.721. The summed E-state index contributed by atoms with van der Waals surface area (Å²) >= 11 is 0. The van der Waals surface area contributed by atoms with E-state index in [1.165, 1.54) is 12.1 Å². The Morgan fingerprint density at radius 1 is 1.24 bits per heavy atom. The molecule has 4 rings (SSSR count). The molecule has 25 heavy (non-hydrogen) atoms. The number of rotatable bonds is 2. The van der Waals surface area contributed by atoms with Gasteiger partial charge >= 0.3 is 0 Å². The summed E-state index contributed by atoms with van der Waals surface area (Å²) in [6.07, 6.45) is 3.82. The molecule has 1 aromatic carbocycles. The lowest BCUT2D eigenvalue weighted by atomic mass is 9.97. The number of hydrogen-bond donors (Lipinski definition) is 0. The molecule has 3 heterocycles. The van der Waals surface area contributed by atoms with Crippen LogP contribution < -0.4 is 0 Å². The zero-order chi connectivity index (χ0) is 17.4. The number of benzene rings is 1. The van der Waals surface area contributed by atoms with Crippen LogP contribution in [0.5, 0.6) is 0 Å². The smallest absolute Gasteiger partial charge is 0.219 e. The van der Waals surface area contributed by atoms with Gasteiger partial charge in [-0.15, -0.1) is 0 Å². The van der Waals surface area contributed by atoms with Crippen LogP contribution >= 0.6 is 0 Å². The lowest BCUT2D eigenvalue weighted by Gasteiger charge is -2.30. The summed E-state index contributed by atoms with van der Waals surface area (Å²) in [5.41, 5.74) is 2.45. The molecule has 3 aromatic rings. The third-order valence-electron chi connectivity index (χ3n) is 4.74. The molecule has 0 N–H and O–H groups in total. The van der Waals surface area contributed by atoms with Gasteiger partial charge in [0.25, 0.3) is 0 Å². The maximum absolute atomic E-state index is 13.4. The second-order valence-electron chi connectivity index (χ2n) is 6.51. The molecular weight excluding hydrogens is 319 g/mol. The summed E-state index contributed by atoms with van der Waals surface area (Å²) in [4.78, 5) is 18.1. The van der Waals surface area contributed by atoms with Crippen molar-refractivity contribution in [3.63, 3.8) is 0 Å². The van der Waals surface area contributed by atoms with E-state index in [1.807, 2.05) is 29.3 Å². The molecule has 0 radical (unpaired) electrons. The minimum Gasteiger partial charge on any atom is -0.342 e. The number of likely N-dealkylation sites (tertiary alicyclic amines) is 1. The first-order valence-electron chi connectivity index (χ1n) is 8.48. The normalized spacial score (nSPS) is 17.8. The number of nitrogens with zero attached hydrogens (tertiary/aromatic N) is 4. The first-order valence-corrected chi connectivity index (χ1v) is 8.48. The summed E-state index contributed by atoms with van der Waals surface area (Å²) in [7, 11) is 0. The molecule has 1 aliphatic rings. The Labute approximate surface area is 145 Å². The molecule has 1 saturated heterocycles. The van der Waals surface area contributed by atoms with Crippen LogP contribution in [0.4, 0.5) is 4.39 Å². The van der Waals surface area contributed by atoms with E-state index < -0.39 is 0 Å².